The van der Waals surface area contributed by atoms with Gasteiger partial charge in [0, 0.05) is 18.7 Å². The standard InChI is InChI=1S/C16H22N2O2/c1-3-12(2)17-16(19)18-14-9-10-20-15(11-14)13-7-5-4-6-8-13/h3-8,12,14-15H,1,9-11H2,2H3,(H2,17,18,19)/t12-,14+,15+/m0/s1. The number of carbonyl (C=O) groups is 1. The maximum Gasteiger partial charge on any atom is 0.315 e. The number of nitrogens with one attached hydrogen (secondary N) is 2. The summed E-state index contributed by atoms with van der Waals surface area (Å²) in [7, 11) is 0. The topological polar surface area (TPSA) is 50.4 Å². The predicted molar refractivity (Wildman–Crippen MR) is 79.5 cm³/mol. The van der Waals surface area contributed by atoms with E-state index in [0.29, 0.717) is 6.61 Å². The van der Waals surface area contributed by atoms with Gasteiger partial charge in [0.25, 0.3) is 0 Å². The molecule has 108 valence electrons. The lowest BCUT2D eigenvalue weighted by Crippen LogP contribution is -2.47. The van der Waals surface area contributed by atoms with Gasteiger partial charge in [-0.25, -0.2) is 4.79 Å². The Morgan fingerprint density at radius 2 is 2.20 bits per heavy atom. The number of hydrogen-bond acceptors (Lipinski definition) is 2. The third-order valence-electron chi connectivity index (χ3n) is 3.50. The van der Waals surface area contributed by atoms with Gasteiger partial charge < -0.3 is 15.4 Å². The summed E-state index contributed by atoms with van der Waals surface area (Å²) in [5.41, 5.74) is 1.17. The molecule has 1 fully saturated rings. The average Bonchev–Trinajstić information content (AvgIpc) is 2.48. The molecule has 1 aliphatic rings. The SMILES string of the molecule is C=C[C@H](C)NC(=O)N[C@@H]1CCO[C@@H](c2ccccc2)C1. The van der Waals surface area contributed by atoms with Crippen molar-refractivity contribution in [3.8, 4) is 0 Å². The normalized spacial score (nSPS) is 23.6. The van der Waals surface area contributed by atoms with Gasteiger partial charge in [-0.05, 0) is 25.3 Å². The van der Waals surface area contributed by atoms with Gasteiger partial charge >= 0.3 is 6.03 Å². The number of benzene rings is 1. The lowest BCUT2D eigenvalue weighted by molar-refractivity contribution is 0.00224. The highest BCUT2D eigenvalue weighted by Crippen LogP contribution is 2.27. The minimum absolute atomic E-state index is 0.0280. The Kier molecular flexibility index (Phi) is 5.18. The van der Waals surface area contributed by atoms with Crippen molar-refractivity contribution in [2.75, 3.05) is 6.61 Å². The van der Waals surface area contributed by atoms with Gasteiger partial charge in [-0.1, -0.05) is 36.4 Å². The molecule has 20 heavy (non-hydrogen) atoms. The monoisotopic (exact) mass is 274 g/mol. The summed E-state index contributed by atoms with van der Waals surface area (Å²) >= 11 is 0. The molecular weight excluding hydrogens is 252 g/mol. The molecule has 1 aliphatic heterocycles. The molecule has 1 saturated heterocycles. The summed E-state index contributed by atoms with van der Waals surface area (Å²) < 4.78 is 5.79. The Bertz CT molecular complexity index is 447. The quantitative estimate of drug-likeness (QED) is 0.829. The lowest BCUT2D eigenvalue weighted by atomic mass is 9.97. The van der Waals surface area contributed by atoms with E-state index in [2.05, 4.69) is 29.3 Å². The van der Waals surface area contributed by atoms with Crippen LogP contribution in [-0.2, 0) is 4.74 Å². The van der Waals surface area contributed by atoms with Crippen molar-refractivity contribution in [3.63, 3.8) is 0 Å². The minimum atomic E-state index is -0.142. The molecule has 3 atom stereocenters. The van der Waals surface area contributed by atoms with E-state index in [9.17, 15) is 4.79 Å². The Labute approximate surface area is 120 Å². The zero-order chi connectivity index (χ0) is 14.4. The Hall–Kier alpha value is -1.81. The molecule has 0 spiro atoms. The first kappa shape index (κ1) is 14.6. The van der Waals surface area contributed by atoms with Gasteiger partial charge in [-0.15, -0.1) is 6.58 Å². The van der Waals surface area contributed by atoms with Crippen LogP contribution >= 0.6 is 0 Å². The van der Waals surface area contributed by atoms with E-state index in [-0.39, 0.29) is 24.2 Å². The van der Waals surface area contributed by atoms with Crippen molar-refractivity contribution in [3.05, 3.63) is 48.6 Å². The van der Waals surface area contributed by atoms with Crippen molar-refractivity contribution in [2.24, 2.45) is 0 Å². The minimum Gasteiger partial charge on any atom is -0.373 e. The molecule has 0 saturated carbocycles. The number of carbonyl (C=O) groups excluding carboxylic acids is 1. The molecule has 0 bridgehead atoms. The van der Waals surface area contributed by atoms with Crippen LogP contribution in [0.2, 0.25) is 0 Å². The Morgan fingerprint density at radius 1 is 1.45 bits per heavy atom. The van der Waals surface area contributed by atoms with E-state index in [4.69, 9.17) is 4.74 Å². The second-order valence-corrected chi connectivity index (χ2v) is 5.13. The van der Waals surface area contributed by atoms with Crippen LogP contribution < -0.4 is 10.6 Å². The van der Waals surface area contributed by atoms with Crippen LogP contribution in [0, 0.1) is 0 Å². The van der Waals surface area contributed by atoms with Crippen LogP contribution in [0.25, 0.3) is 0 Å². The molecule has 1 aromatic rings. The van der Waals surface area contributed by atoms with Crippen LogP contribution in [0.1, 0.15) is 31.4 Å². The van der Waals surface area contributed by atoms with Gasteiger partial charge in [-0.2, -0.15) is 0 Å². The molecule has 0 unspecified atom stereocenters. The first-order valence-corrected chi connectivity index (χ1v) is 7.05. The zero-order valence-corrected chi connectivity index (χ0v) is 11.8. The molecule has 0 aliphatic carbocycles. The largest absolute Gasteiger partial charge is 0.373 e. The van der Waals surface area contributed by atoms with E-state index in [1.54, 1.807) is 6.08 Å². The third kappa shape index (κ3) is 4.10. The fraction of sp³-hybridized carbons (Fsp3) is 0.438. The highest BCUT2D eigenvalue weighted by atomic mass is 16.5. The molecule has 0 radical (unpaired) electrons. The summed E-state index contributed by atoms with van der Waals surface area (Å²) in [4.78, 5) is 11.8. The van der Waals surface area contributed by atoms with Crippen LogP contribution in [0.5, 0.6) is 0 Å². The lowest BCUT2D eigenvalue weighted by Gasteiger charge is -2.30. The Balaban J connectivity index is 1.87. The molecule has 1 heterocycles. The zero-order valence-electron chi connectivity index (χ0n) is 11.8. The summed E-state index contributed by atoms with van der Waals surface area (Å²) in [6.45, 7) is 6.21. The van der Waals surface area contributed by atoms with Crippen molar-refractivity contribution in [2.45, 2.75) is 38.0 Å². The van der Waals surface area contributed by atoms with Crippen molar-refractivity contribution in [1.82, 2.24) is 10.6 Å². The number of rotatable bonds is 4. The maximum absolute atomic E-state index is 11.8. The van der Waals surface area contributed by atoms with Gasteiger partial charge in [0.2, 0.25) is 0 Å². The number of hydrogen-bond donors (Lipinski definition) is 2. The van der Waals surface area contributed by atoms with Gasteiger partial charge in [-0.3, -0.25) is 0 Å². The van der Waals surface area contributed by atoms with E-state index in [0.717, 1.165) is 12.8 Å². The first-order chi connectivity index (χ1) is 9.69. The summed E-state index contributed by atoms with van der Waals surface area (Å²) in [5, 5.41) is 5.83. The van der Waals surface area contributed by atoms with Crippen molar-refractivity contribution < 1.29 is 9.53 Å². The van der Waals surface area contributed by atoms with Crippen LogP contribution in [-0.4, -0.2) is 24.7 Å². The van der Waals surface area contributed by atoms with Crippen LogP contribution in [0.4, 0.5) is 4.79 Å². The highest BCUT2D eigenvalue weighted by Gasteiger charge is 2.25. The smallest absolute Gasteiger partial charge is 0.315 e. The first-order valence-electron chi connectivity index (χ1n) is 7.05. The predicted octanol–water partition coefficient (Wildman–Crippen LogP) is 2.78. The molecule has 2 rings (SSSR count). The number of urea groups is 1. The Morgan fingerprint density at radius 3 is 2.90 bits per heavy atom. The van der Waals surface area contributed by atoms with E-state index >= 15 is 0 Å². The molecule has 4 heteroatoms. The maximum atomic E-state index is 11.8. The van der Waals surface area contributed by atoms with E-state index in [1.165, 1.54) is 5.56 Å². The highest BCUT2D eigenvalue weighted by molar-refractivity contribution is 5.74. The summed E-state index contributed by atoms with van der Waals surface area (Å²) in [6, 6.07) is 10.1. The summed E-state index contributed by atoms with van der Waals surface area (Å²) in [6.07, 6.45) is 3.42. The van der Waals surface area contributed by atoms with Crippen LogP contribution in [0.15, 0.2) is 43.0 Å². The molecule has 2 amide bonds. The number of amides is 2. The fourth-order valence-electron chi connectivity index (χ4n) is 2.32. The molecule has 0 aromatic heterocycles. The van der Waals surface area contributed by atoms with Crippen molar-refractivity contribution >= 4 is 6.03 Å². The third-order valence-corrected chi connectivity index (χ3v) is 3.50. The average molecular weight is 274 g/mol. The van der Waals surface area contributed by atoms with E-state index in [1.807, 2.05) is 25.1 Å². The van der Waals surface area contributed by atoms with Crippen LogP contribution in [0.3, 0.4) is 0 Å². The van der Waals surface area contributed by atoms with Crippen molar-refractivity contribution in [1.29, 1.82) is 0 Å². The van der Waals surface area contributed by atoms with E-state index < -0.39 is 0 Å². The number of ether oxygens (including phenoxy) is 1. The molecule has 1 aromatic carbocycles. The second kappa shape index (κ2) is 7.10. The van der Waals surface area contributed by atoms with Gasteiger partial charge in [0.1, 0.15) is 0 Å². The van der Waals surface area contributed by atoms with Gasteiger partial charge in [0.15, 0.2) is 0 Å². The second-order valence-electron chi connectivity index (χ2n) is 5.13. The fourth-order valence-corrected chi connectivity index (χ4v) is 2.32. The summed E-state index contributed by atoms with van der Waals surface area (Å²) in [5.74, 6) is 0. The molecule has 2 N–H and O–H groups in total. The molecular formula is C16H22N2O2. The molecule has 4 nitrogen and oxygen atoms in total. The van der Waals surface area contributed by atoms with Gasteiger partial charge in [0.05, 0.1) is 6.10 Å².